The minimum absolute atomic E-state index is 0.169. The largest absolute Gasteiger partial charge is 0.307 e. The molecular formula is C11H11N3OS. The maximum atomic E-state index is 11.5. The molecule has 2 N–H and O–H groups in total. The van der Waals surface area contributed by atoms with E-state index in [1.807, 2.05) is 24.4 Å². The van der Waals surface area contributed by atoms with E-state index in [1.54, 1.807) is 23.6 Å². The molecule has 0 aliphatic carbocycles. The number of nitrogens with one attached hydrogen (secondary N) is 2. The lowest BCUT2D eigenvalue weighted by molar-refractivity contribution is -0.111. The first-order valence-corrected chi connectivity index (χ1v) is 5.66. The van der Waals surface area contributed by atoms with Crippen molar-refractivity contribution in [1.82, 2.24) is 10.2 Å². The van der Waals surface area contributed by atoms with Gasteiger partial charge in [-0.25, -0.2) is 0 Å². The minimum Gasteiger partial charge on any atom is -0.307 e. The van der Waals surface area contributed by atoms with Gasteiger partial charge < -0.3 is 5.32 Å². The van der Waals surface area contributed by atoms with Gasteiger partial charge in [0.25, 0.3) is 0 Å². The third-order valence-corrected chi connectivity index (χ3v) is 3.03. The van der Waals surface area contributed by atoms with E-state index in [0.717, 1.165) is 4.88 Å². The Hall–Kier alpha value is -1.88. The van der Waals surface area contributed by atoms with Crippen LogP contribution >= 0.6 is 11.3 Å². The van der Waals surface area contributed by atoms with Crippen molar-refractivity contribution in [2.24, 2.45) is 0 Å². The number of thiophene rings is 1. The van der Waals surface area contributed by atoms with Crippen LogP contribution in [0.1, 0.15) is 10.4 Å². The summed E-state index contributed by atoms with van der Waals surface area (Å²) in [5.41, 5.74) is 1.18. The number of H-pyrrole nitrogens is 1. The van der Waals surface area contributed by atoms with Crippen LogP contribution in [-0.2, 0) is 4.79 Å². The Morgan fingerprint density at radius 2 is 2.44 bits per heavy atom. The van der Waals surface area contributed by atoms with E-state index in [2.05, 4.69) is 15.5 Å². The highest BCUT2D eigenvalue weighted by Crippen LogP contribution is 2.16. The number of rotatable bonds is 3. The lowest BCUT2D eigenvalue weighted by atomic mass is 10.3. The average Bonchev–Trinajstić information content (AvgIpc) is 2.87. The highest BCUT2D eigenvalue weighted by molar-refractivity contribution is 7.11. The highest BCUT2D eigenvalue weighted by Gasteiger charge is 1.99. The lowest BCUT2D eigenvalue weighted by Gasteiger charge is -1.96. The fourth-order valence-electron chi connectivity index (χ4n) is 1.21. The third kappa shape index (κ3) is 2.58. The molecule has 0 spiro atoms. The van der Waals surface area contributed by atoms with E-state index in [4.69, 9.17) is 0 Å². The first kappa shape index (κ1) is 10.6. The third-order valence-electron chi connectivity index (χ3n) is 2.05. The molecule has 0 saturated heterocycles. The van der Waals surface area contributed by atoms with Gasteiger partial charge in [-0.2, -0.15) is 5.10 Å². The molecule has 1 amide bonds. The van der Waals surface area contributed by atoms with Gasteiger partial charge in [-0.05, 0) is 30.0 Å². The topological polar surface area (TPSA) is 57.8 Å². The van der Waals surface area contributed by atoms with Crippen molar-refractivity contribution in [3.63, 3.8) is 0 Å². The molecule has 0 unspecified atom stereocenters. The molecule has 16 heavy (non-hydrogen) atoms. The van der Waals surface area contributed by atoms with Gasteiger partial charge in [-0.1, -0.05) is 0 Å². The molecule has 0 atom stereocenters. The Morgan fingerprint density at radius 3 is 3.06 bits per heavy atom. The summed E-state index contributed by atoms with van der Waals surface area (Å²) in [6.07, 6.45) is 4.91. The predicted molar refractivity (Wildman–Crippen MR) is 65.3 cm³/mol. The molecule has 0 aromatic carbocycles. The number of hydrogen-bond donors (Lipinski definition) is 2. The maximum Gasteiger partial charge on any atom is 0.249 e. The average molecular weight is 233 g/mol. The molecule has 82 valence electrons. The number of anilines is 1. The summed E-state index contributed by atoms with van der Waals surface area (Å²) in [6.45, 7) is 2.02. The molecule has 0 bridgehead atoms. The van der Waals surface area contributed by atoms with Gasteiger partial charge in [0.2, 0.25) is 5.91 Å². The molecule has 0 aliphatic heterocycles. The molecule has 4 nitrogen and oxygen atoms in total. The number of aromatic amines is 1. The summed E-state index contributed by atoms with van der Waals surface area (Å²) in [5.74, 6) is 0.426. The minimum atomic E-state index is -0.169. The van der Waals surface area contributed by atoms with Crippen molar-refractivity contribution in [3.8, 4) is 0 Å². The van der Waals surface area contributed by atoms with E-state index in [1.165, 1.54) is 11.6 Å². The lowest BCUT2D eigenvalue weighted by Crippen LogP contribution is -2.07. The van der Waals surface area contributed by atoms with E-state index in [9.17, 15) is 4.79 Å². The molecule has 2 rings (SSSR count). The SMILES string of the molecule is Cc1ccsc1C=CC(=O)Nc1ccn[nH]1. The number of carbonyl (C=O) groups is 1. The number of aromatic nitrogens is 2. The van der Waals surface area contributed by atoms with Crippen molar-refractivity contribution in [2.45, 2.75) is 6.92 Å². The summed E-state index contributed by atoms with van der Waals surface area (Å²) >= 11 is 1.61. The molecular weight excluding hydrogens is 222 g/mol. The highest BCUT2D eigenvalue weighted by atomic mass is 32.1. The smallest absolute Gasteiger partial charge is 0.249 e. The van der Waals surface area contributed by atoms with E-state index in [-0.39, 0.29) is 5.91 Å². The summed E-state index contributed by atoms with van der Waals surface area (Å²) in [4.78, 5) is 12.6. The Labute approximate surface area is 97.0 Å². The van der Waals surface area contributed by atoms with E-state index < -0.39 is 0 Å². The number of nitrogens with zero attached hydrogens (tertiary/aromatic N) is 1. The van der Waals surface area contributed by atoms with Crippen LogP contribution in [0.3, 0.4) is 0 Å². The van der Waals surface area contributed by atoms with Crippen molar-refractivity contribution in [1.29, 1.82) is 0 Å². The predicted octanol–water partition coefficient (Wildman–Crippen LogP) is 2.43. The Kier molecular flexibility index (Phi) is 3.16. The van der Waals surface area contributed by atoms with Gasteiger partial charge in [0, 0.05) is 17.0 Å². The van der Waals surface area contributed by atoms with Crippen LogP contribution in [-0.4, -0.2) is 16.1 Å². The Morgan fingerprint density at radius 1 is 1.56 bits per heavy atom. The van der Waals surface area contributed by atoms with Crippen molar-refractivity contribution >= 4 is 29.1 Å². The number of amides is 1. The van der Waals surface area contributed by atoms with E-state index in [0.29, 0.717) is 5.82 Å². The van der Waals surface area contributed by atoms with Crippen LogP contribution < -0.4 is 5.32 Å². The van der Waals surface area contributed by atoms with Crippen LogP contribution in [0.4, 0.5) is 5.82 Å². The molecule has 0 fully saturated rings. The molecule has 2 aromatic heterocycles. The molecule has 0 radical (unpaired) electrons. The zero-order chi connectivity index (χ0) is 11.4. The standard InChI is InChI=1S/C11H11N3OS/c1-8-5-7-16-9(8)2-3-11(15)13-10-4-6-12-14-10/h2-7H,1H3,(H2,12,13,14,15). The van der Waals surface area contributed by atoms with Crippen LogP contribution in [0.25, 0.3) is 6.08 Å². The first-order chi connectivity index (χ1) is 7.75. The summed E-state index contributed by atoms with van der Waals surface area (Å²) in [7, 11) is 0. The second kappa shape index (κ2) is 4.76. The number of aryl methyl sites for hydroxylation is 1. The summed E-state index contributed by atoms with van der Waals surface area (Å²) in [6, 6.07) is 3.72. The molecule has 0 aliphatic rings. The van der Waals surface area contributed by atoms with Gasteiger partial charge in [0.15, 0.2) is 0 Å². The normalized spacial score (nSPS) is 10.8. The van der Waals surface area contributed by atoms with Gasteiger partial charge >= 0.3 is 0 Å². The van der Waals surface area contributed by atoms with Crippen molar-refractivity contribution in [3.05, 3.63) is 40.2 Å². The Bertz CT molecular complexity index is 499. The Balaban J connectivity index is 1.98. The van der Waals surface area contributed by atoms with Crippen LogP contribution in [0, 0.1) is 6.92 Å². The quantitative estimate of drug-likeness (QED) is 0.800. The first-order valence-electron chi connectivity index (χ1n) is 4.78. The van der Waals surface area contributed by atoms with Gasteiger partial charge in [0.1, 0.15) is 5.82 Å². The van der Waals surface area contributed by atoms with Crippen LogP contribution in [0.15, 0.2) is 29.8 Å². The number of carbonyl (C=O) groups excluding carboxylic acids is 1. The molecule has 2 heterocycles. The van der Waals surface area contributed by atoms with Crippen LogP contribution in [0.5, 0.6) is 0 Å². The zero-order valence-corrected chi connectivity index (χ0v) is 9.54. The molecule has 5 heteroatoms. The fraction of sp³-hybridized carbons (Fsp3) is 0.0909. The number of hydrogen-bond acceptors (Lipinski definition) is 3. The second-order valence-electron chi connectivity index (χ2n) is 3.26. The van der Waals surface area contributed by atoms with E-state index >= 15 is 0 Å². The summed E-state index contributed by atoms with van der Waals surface area (Å²) < 4.78 is 0. The van der Waals surface area contributed by atoms with Crippen molar-refractivity contribution < 1.29 is 4.79 Å². The maximum absolute atomic E-state index is 11.5. The van der Waals surface area contributed by atoms with Gasteiger partial charge in [-0.15, -0.1) is 11.3 Å². The second-order valence-corrected chi connectivity index (χ2v) is 4.21. The van der Waals surface area contributed by atoms with Crippen molar-refractivity contribution in [2.75, 3.05) is 5.32 Å². The molecule has 2 aromatic rings. The molecule has 0 saturated carbocycles. The van der Waals surface area contributed by atoms with Gasteiger partial charge in [0.05, 0.1) is 6.20 Å². The fourth-order valence-corrected chi connectivity index (χ4v) is 2.03. The zero-order valence-electron chi connectivity index (χ0n) is 8.73. The van der Waals surface area contributed by atoms with Gasteiger partial charge in [-0.3, -0.25) is 9.89 Å². The van der Waals surface area contributed by atoms with Crippen LogP contribution in [0.2, 0.25) is 0 Å². The summed E-state index contributed by atoms with van der Waals surface area (Å²) in [5, 5.41) is 11.1. The monoisotopic (exact) mass is 233 g/mol.